The fourth-order valence-electron chi connectivity index (χ4n) is 1.29. The average molecular weight is 176 g/mol. The molecule has 0 aliphatic heterocycles. The van der Waals surface area contributed by atoms with Gasteiger partial charge in [-0.05, 0) is 0 Å². The molecule has 1 heteroatoms. The number of aryl methyl sites for hydroxylation is 1. The molecular formula is C11H17Al. The summed E-state index contributed by atoms with van der Waals surface area (Å²) in [6.07, 6.45) is 5.28. The second kappa shape index (κ2) is 6.29. The summed E-state index contributed by atoms with van der Waals surface area (Å²) < 4.78 is 0. The first-order valence-electron chi connectivity index (χ1n) is 4.67. The van der Waals surface area contributed by atoms with Crippen LogP contribution >= 0.6 is 0 Å². The summed E-state index contributed by atoms with van der Waals surface area (Å²) in [6.45, 7) is 0. The molecule has 0 saturated heterocycles. The second-order valence-electron chi connectivity index (χ2n) is 3.08. The van der Waals surface area contributed by atoms with Crippen molar-refractivity contribution in [2.45, 2.75) is 31.0 Å². The van der Waals surface area contributed by atoms with Crippen LogP contribution < -0.4 is 0 Å². The fraction of sp³-hybridized carbons (Fsp3) is 0.455. The minimum atomic E-state index is 0. The third-order valence-electron chi connectivity index (χ3n) is 2.01. The Morgan fingerprint density at radius 3 is 2.42 bits per heavy atom. The van der Waals surface area contributed by atoms with Crippen LogP contribution in [0.25, 0.3) is 0 Å². The van der Waals surface area contributed by atoms with Crippen molar-refractivity contribution in [3.8, 4) is 0 Å². The van der Waals surface area contributed by atoms with Crippen LogP contribution in [0.1, 0.15) is 27.7 Å². The first-order chi connectivity index (χ1) is 5.93. The van der Waals surface area contributed by atoms with Gasteiger partial charge in [-0.25, -0.2) is 0 Å². The van der Waals surface area contributed by atoms with E-state index in [1.54, 1.807) is 0 Å². The molecule has 0 spiro atoms. The van der Waals surface area contributed by atoms with Crippen molar-refractivity contribution in [2.24, 2.45) is 0 Å². The minimum absolute atomic E-state index is 0. The van der Waals surface area contributed by atoms with Crippen molar-refractivity contribution >= 4 is 16.3 Å². The normalized spacial score (nSPS) is 10.2. The summed E-state index contributed by atoms with van der Waals surface area (Å²) in [7, 11) is 0. The largest absolute Gasteiger partial charge is 1.00 e. The molecule has 0 fully saturated rings. The third kappa shape index (κ3) is 3.95. The first-order valence-corrected chi connectivity index (χ1v) is 5.49. The van der Waals surface area contributed by atoms with E-state index in [0.29, 0.717) is 0 Å². The number of hydrogen-bond donors (Lipinski definition) is 0. The summed E-state index contributed by atoms with van der Waals surface area (Å²) in [5.41, 5.74) is 1.47. The van der Waals surface area contributed by atoms with Gasteiger partial charge in [0, 0.05) is 0 Å². The number of unbranched alkanes of at least 4 members (excludes halogenated alkanes) is 2. The summed E-state index contributed by atoms with van der Waals surface area (Å²) >= 11 is 2.78. The van der Waals surface area contributed by atoms with E-state index in [4.69, 9.17) is 0 Å². The Morgan fingerprint density at radius 1 is 1.00 bits per heavy atom. The Hall–Kier alpha value is -0.248. The van der Waals surface area contributed by atoms with Crippen molar-refractivity contribution < 1.29 is 2.85 Å². The first kappa shape index (κ1) is 9.84. The van der Waals surface area contributed by atoms with E-state index >= 15 is 0 Å². The van der Waals surface area contributed by atoms with Gasteiger partial charge in [-0.3, -0.25) is 0 Å². The van der Waals surface area contributed by atoms with Crippen LogP contribution in [0.2, 0.25) is 5.28 Å². The number of benzene rings is 1. The Bertz CT molecular complexity index is 202. The molecule has 0 aliphatic rings. The smallest absolute Gasteiger partial charge is 1.00 e. The maximum absolute atomic E-state index is 2.78. The van der Waals surface area contributed by atoms with Gasteiger partial charge in [0.2, 0.25) is 0 Å². The molecule has 0 aromatic heterocycles. The van der Waals surface area contributed by atoms with Crippen molar-refractivity contribution in [3.05, 3.63) is 35.9 Å². The Balaban J connectivity index is 0. The van der Waals surface area contributed by atoms with Gasteiger partial charge in [-0.1, -0.05) is 0 Å². The van der Waals surface area contributed by atoms with Crippen molar-refractivity contribution in [1.29, 1.82) is 0 Å². The van der Waals surface area contributed by atoms with Crippen LogP contribution in [0.5, 0.6) is 0 Å². The summed E-state index contributed by atoms with van der Waals surface area (Å²) in [4.78, 5) is 0. The number of rotatable bonds is 5. The molecule has 0 atom stereocenters. The molecule has 0 radical (unpaired) electrons. The topological polar surface area (TPSA) is 0 Å². The van der Waals surface area contributed by atoms with Gasteiger partial charge in [0.25, 0.3) is 0 Å². The predicted molar refractivity (Wildman–Crippen MR) is 56.8 cm³/mol. The standard InChI is InChI=1S/C11H15.Al.2H/c1-2-3-5-8-11-9-6-4-7-10-11;;;/h4,6-7,9-10H,1-3,5,8H2;;;/q;+2;2*-1. The zero-order chi connectivity index (χ0) is 8.65. The molecule has 0 heterocycles. The van der Waals surface area contributed by atoms with Gasteiger partial charge in [0.05, 0.1) is 0 Å². The molecule has 1 aromatic rings. The SMILES string of the molecule is [Al+2][CH2]CCCCc1ccccc1.[H-].[H-]. The monoisotopic (exact) mass is 176 g/mol. The summed E-state index contributed by atoms with van der Waals surface area (Å²) in [6, 6.07) is 10.7. The maximum Gasteiger partial charge on any atom is -1.00 e. The van der Waals surface area contributed by atoms with Gasteiger partial charge in [-0.15, -0.1) is 0 Å². The van der Waals surface area contributed by atoms with Crippen LogP contribution in [0.4, 0.5) is 0 Å². The fourth-order valence-corrected chi connectivity index (χ4v) is 1.58. The maximum atomic E-state index is 2.78. The van der Waals surface area contributed by atoms with E-state index in [0.717, 1.165) is 0 Å². The van der Waals surface area contributed by atoms with E-state index in [1.165, 1.54) is 36.5 Å². The summed E-state index contributed by atoms with van der Waals surface area (Å²) in [5, 5.41) is 1.24. The Morgan fingerprint density at radius 2 is 1.75 bits per heavy atom. The third-order valence-corrected chi connectivity index (χ3v) is 2.42. The van der Waals surface area contributed by atoms with Crippen molar-refractivity contribution in [2.75, 3.05) is 0 Å². The number of hydrogen-bond acceptors (Lipinski definition) is 0. The van der Waals surface area contributed by atoms with Crippen molar-refractivity contribution in [3.63, 3.8) is 0 Å². The molecule has 0 N–H and O–H groups in total. The van der Waals surface area contributed by atoms with Crippen LogP contribution in [-0.4, -0.2) is 16.3 Å². The minimum Gasteiger partial charge on any atom is -1.00 e. The molecule has 0 nitrogen and oxygen atoms in total. The molecule has 0 unspecified atom stereocenters. The van der Waals surface area contributed by atoms with E-state index < -0.39 is 0 Å². The molecule has 1 aromatic carbocycles. The zero-order valence-corrected chi connectivity index (χ0v) is 8.65. The predicted octanol–water partition coefficient (Wildman–Crippen LogP) is 3.21. The van der Waals surface area contributed by atoms with Gasteiger partial charge >= 0.3 is 83.2 Å². The van der Waals surface area contributed by atoms with Crippen LogP contribution in [0.15, 0.2) is 30.3 Å². The van der Waals surface area contributed by atoms with Gasteiger partial charge in [-0.2, -0.15) is 0 Å². The molecule has 0 saturated carbocycles. The van der Waals surface area contributed by atoms with Gasteiger partial charge in [0.15, 0.2) is 0 Å². The zero-order valence-electron chi connectivity index (χ0n) is 9.50. The van der Waals surface area contributed by atoms with Gasteiger partial charge < -0.3 is 2.85 Å². The molecular weight excluding hydrogens is 159 g/mol. The molecule has 0 bridgehead atoms. The van der Waals surface area contributed by atoms with Crippen LogP contribution in [0, 0.1) is 0 Å². The summed E-state index contributed by atoms with van der Waals surface area (Å²) in [5.74, 6) is 0. The second-order valence-corrected chi connectivity index (χ2v) is 3.66. The average Bonchev–Trinajstić information content (AvgIpc) is 2.14. The van der Waals surface area contributed by atoms with E-state index in [9.17, 15) is 0 Å². The molecule has 0 amide bonds. The van der Waals surface area contributed by atoms with Crippen LogP contribution in [0.3, 0.4) is 0 Å². The molecule has 12 heavy (non-hydrogen) atoms. The van der Waals surface area contributed by atoms with Crippen molar-refractivity contribution in [1.82, 2.24) is 0 Å². The Kier molecular flexibility index (Phi) is 5.16. The Labute approximate surface area is 86.4 Å². The van der Waals surface area contributed by atoms with E-state index in [1.807, 2.05) is 0 Å². The molecule has 1 rings (SSSR count). The van der Waals surface area contributed by atoms with E-state index in [2.05, 4.69) is 46.6 Å². The molecule has 0 aliphatic carbocycles. The quantitative estimate of drug-likeness (QED) is 0.477. The van der Waals surface area contributed by atoms with Gasteiger partial charge in [0.1, 0.15) is 0 Å². The van der Waals surface area contributed by atoms with Crippen LogP contribution in [-0.2, 0) is 6.42 Å². The molecule has 64 valence electrons. The van der Waals surface area contributed by atoms with E-state index in [-0.39, 0.29) is 2.85 Å².